The number of likely N-dealkylation sites (tertiary alicyclic amines) is 1. The van der Waals surface area contributed by atoms with Crippen LogP contribution in [0.2, 0.25) is 0 Å². The summed E-state index contributed by atoms with van der Waals surface area (Å²) < 4.78 is 16.1. The highest BCUT2D eigenvalue weighted by Gasteiger charge is 2.34. The number of ether oxygens (including phenoxy) is 3. The minimum atomic E-state index is -0.282. The Balaban J connectivity index is 1.17. The number of piperidine rings is 1. The molecule has 0 spiro atoms. The van der Waals surface area contributed by atoms with Crippen LogP contribution in [0.1, 0.15) is 24.0 Å². The maximum atomic E-state index is 12.5. The predicted octanol–water partition coefficient (Wildman–Crippen LogP) is 3.28. The van der Waals surface area contributed by atoms with Crippen LogP contribution in [0.3, 0.4) is 0 Å². The second-order valence-electron chi connectivity index (χ2n) is 8.18. The fourth-order valence-electron chi connectivity index (χ4n) is 4.43. The Bertz CT molecular complexity index is 1020. The fourth-order valence-corrected chi connectivity index (χ4v) is 4.43. The number of benzene rings is 2. The van der Waals surface area contributed by atoms with Crippen molar-refractivity contribution in [2.75, 3.05) is 36.6 Å². The summed E-state index contributed by atoms with van der Waals surface area (Å²) in [5.41, 5.74) is 3.83. The number of aryl methyl sites for hydroxylation is 1. The van der Waals surface area contributed by atoms with Gasteiger partial charge in [-0.3, -0.25) is 14.6 Å². The first kappa shape index (κ1) is 19.7. The molecule has 2 aromatic carbocycles. The van der Waals surface area contributed by atoms with Gasteiger partial charge in [-0.25, -0.2) is 4.79 Å². The van der Waals surface area contributed by atoms with Crippen molar-refractivity contribution in [2.24, 2.45) is 0 Å². The lowest BCUT2D eigenvalue weighted by Gasteiger charge is -2.40. The van der Waals surface area contributed by atoms with E-state index in [1.165, 1.54) is 0 Å². The molecule has 31 heavy (non-hydrogen) atoms. The zero-order valence-corrected chi connectivity index (χ0v) is 17.4. The van der Waals surface area contributed by atoms with Gasteiger partial charge < -0.3 is 19.5 Å². The van der Waals surface area contributed by atoms with E-state index in [1.807, 2.05) is 19.1 Å². The number of rotatable bonds is 4. The molecule has 162 valence electrons. The lowest BCUT2D eigenvalue weighted by Crippen LogP contribution is -2.50. The van der Waals surface area contributed by atoms with Crippen molar-refractivity contribution in [2.45, 2.75) is 32.4 Å². The van der Waals surface area contributed by atoms with Crippen molar-refractivity contribution in [1.82, 2.24) is 4.90 Å². The SMILES string of the molecule is Cc1ccc2c(c1)COC(=O)N2C1CCN(CC(=O)Nc2ccc3c(c2)OCO3)CC1. The molecule has 2 aromatic rings. The van der Waals surface area contributed by atoms with Crippen molar-refractivity contribution >= 4 is 23.4 Å². The third-order valence-electron chi connectivity index (χ3n) is 5.99. The number of nitrogens with zero attached hydrogens (tertiary/aromatic N) is 2. The topological polar surface area (TPSA) is 80.3 Å². The molecule has 0 aromatic heterocycles. The van der Waals surface area contributed by atoms with Crippen LogP contribution in [0.5, 0.6) is 11.5 Å². The van der Waals surface area contributed by atoms with Crippen LogP contribution in [-0.4, -0.2) is 49.4 Å². The second kappa shape index (κ2) is 8.11. The molecule has 1 fully saturated rings. The Labute approximate surface area is 180 Å². The van der Waals surface area contributed by atoms with Crippen LogP contribution >= 0.6 is 0 Å². The van der Waals surface area contributed by atoms with Gasteiger partial charge in [-0.05, 0) is 38.0 Å². The Hall–Kier alpha value is -3.26. The van der Waals surface area contributed by atoms with Crippen LogP contribution in [0, 0.1) is 6.92 Å². The quantitative estimate of drug-likeness (QED) is 0.813. The molecular formula is C23H25N3O5. The Kier molecular flexibility index (Phi) is 5.15. The second-order valence-corrected chi connectivity index (χ2v) is 8.18. The number of anilines is 2. The molecule has 8 heteroatoms. The Morgan fingerprint density at radius 2 is 1.87 bits per heavy atom. The van der Waals surface area contributed by atoms with E-state index in [1.54, 1.807) is 23.1 Å². The summed E-state index contributed by atoms with van der Waals surface area (Å²) in [5, 5.41) is 2.92. The zero-order chi connectivity index (χ0) is 21.4. The first-order valence-corrected chi connectivity index (χ1v) is 10.5. The summed E-state index contributed by atoms with van der Waals surface area (Å²) in [7, 11) is 0. The number of hydrogen-bond acceptors (Lipinski definition) is 6. The van der Waals surface area contributed by atoms with Gasteiger partial charge in [0, 0.05) is 36.4 Å². The van der Waals surface area contributed by atoms with Gasteiger partial charge in [-0.15, -0.1) is 0 Å². The van der Waals surface area contributed by atoms with E-state index in [0.29, 0.717) is 30.3 Å². The maximum Gasteiger partial charge on any atom is 0.414 e. The van der Waals surface area contributed by atoms with Gasteiger partial charge >= 0.3 is 6.09 Å². The summed E-state index contributed by atoms with van der Waals surface area (Å²) in [5.74, 6) is 1.26. The van der Waals surface area contributed by atoms with Crippen molar-refractivity contribution < 1.29 is 23.8 Å². The largest absolute Gasteiger partial charge is 0.454 e. The third-order valence-corrected chi connectivity index (χ3v) is 5.99. The monoisotopic (exact) mass is 423 g/mol. The standard InChI is InChI=1S/C23H25N3O5/c1-15-2-4-19-16(10-15)13-29-23(28)26(19)18-6-8-25(9-7-18)12-22(27)24-17-3-5-20-21(11-17)31-14-30-20/h2-5,10-11,18H,6-9,12-14H2,1H3,(H,24,27). The van der Waals surface area contributed by atoms with E-state index in [0.717, 1.165) is 42.7 Å². The van der Waals surface area contributed by atoms with Crippen LogP contribution in [0.25, 0.3) is 0 Å². The summed E-state index contributed by atoms with van der Waals surface area (Å²) in [6.45, 7) is 4.35. The summed E-state index contributed by atoms with van der Waals surface area (Å²) in [4.78, 5) is 28.9. The average molecular weight is 423 g/mol. The number of fused-ring (bicyclic) bond motifs is 2. The fraction of sp³-hybridized carbons (Fsp3) is 0.391. The van der Waals surface area contributed by atoms with Gasteiger partial charge in [-0.2, -0.15) is 0 Å². The van der Waals surface area contributed by atoms with Crippen LogP contribution in [0.4, 0.5) is 16.2 Å². The van der Waals surface area contributed by atoms with Crippen LogP contribution in [-0.2, 0) is 16.1 Å². The highest BCUT2D eigenvalue weighted by molar-refractivity contribution is 5.93. The maximum absolute atomic E-state index is 12.5. The minimum absolute atomic E-state index is 0.0717. The molecule has 0 saturated carbocycles. The highest BCUT2D eigenvalue weighted by Crippen LogP contribution is 2.34. The first-order valence-electron chi connectivity index (χ1n) is 10.5. The summed E-state index contributed by atoms with van der Waals surface area (Å²) >= 11 is 0. The third kappa shape index (κ3) is 4.03. The number of hydrogen-bond donors (Lipinski definition) is 1. The van der Waals surface area contributed by atoms with Crippen molar-refractivity contribution in [3.05, 3.63) is 47.5 Å². The van der Waals surface area contributed by atoms with E-state index < -0.39 is 0 Å². The smallest absolute Gasteiger partial charge is 0.414 e. The molecule has 0 atom stereocenters. The lowest BCUT2D eigenvalue weighted by atomic mass is 10.00. The first-order chi connectivity index (χ1) is 15.1. The molecule has 0 aliphatic carbocycles. The molecule has 0 radical (unpaired) electrons. The highest BCUT2D eigenvalue weighted by atomic mass is 16.7. The molecule has 3 aliphatic rings. The minimum Gasteiger partial charge on any atom is -0.454 e. The van der Waals surface area contributed by atoms with E-state index >= 15 is 0 Å². The molecule has 3 heterocycles. The van der Waals surface area contributed by atoms with Crippen LogP contribution in [0.15, 0.2) is 36.4 Å². The zero-order valence-electron chi connectivity index (χ0n) is 17.4. The van der Waals surface area contributed by atoms with E-state index in [9.17, 15) is 9.59 Å². The molecular weight excluding hydrogens is 398 g/mol. The molecule has 2 amide bonds. The Morgan fingerprint density at radius 3 is 2.71 bits per heavy atom. The van der Waals surface area contributed by atoms with Gasteiger partial charge in [0.25, 0.3) is 0 Å². The van der Waals surface area contributed by atoms with E-state index in [2.05, 4.69) is 16.3 Å². The molecule has 1 N–H and O–H groups in total. The molecule has 0 unspecified atom stereocenters. The van der Waals surface area contributed by atoms with E-state index in [-0.39, 0.29) is 24.8 Å². The lowest BCUT2D eigenvalue weighted by molar-refractivity contribution is -0.117. The Morgan fingerprint density at radius 1 is 1.06 bits per heavy atom. The molecule has 0 bridgehead atoms. The summed E-state index contributed by atoms with van der Waals surface area (Å²) in [6, 6.07) is 11.6. The van der Waals surface area contributed by atoms with Gasteiger partial charge in [0.2, 0.25) is 12.7 Å². The van der Waals surface area contributed by atoms with Gasteiger partial charge in [0.1, 0.15) is 6.61 Å². The number of amides is 2. The molecule has 8 nitrogen and oxygen atoms in total. The number of carbonyl (C=O) groups is 2. The van der Waals surface area contributed by atoms with Crippen molar-refractivity contribution in [1.29, 1.82) is 0 Å². The molecule has 3 aliphatic heterocycles. The normalized spacial score (nSPS) is 18.5. The molecule has 1 saturated heterocycles. The number of carbonyl (C=O) groups excluding carboxylic acids is 2. The average Bonchev–Trinajstić information content (AvgIpc) is 3.22. The van der Waals surface area contributed by atoms with Gasteiger partial charge in [0.15, 0.2) is 11.5 Å². The number of nitrogens with one attached hydrogen (secondary N) is 1. The van der Waals surface area contributed by atoms with Crippen LogP contribution < -0.4 is 19.7 Å². The van der Waals surface area contributed by atoms with E-state index in [4.69, 9.17) is 14.2 Å². The van der Waals surface area contributed by atoms with Crippen molar-refractivity contribution in [3.8, 4) is 11.5 Å². The van der Waals surface area contributed by atoms with Gasteiger partial charge in [0.05, 0.1) is 12.2 Å². The van der Waals surface area contributed by atoms with Crippen molar-refractivity contribution in [3.63, 3.8) is 0 Å². The summed E-state index contributed by atoms with van der Waals surface area (Å²) in [6.07, 6.45) is 1.30. The number of cyclic esters (lactones) is 1. The predicted molar refractivity (Wildman–Crippen MR) is 114 cm³/mol. The van der Waals surface area contributed by atoms with Gasteiger partial charge in [-0.1, -0.05) is 17.7 Å². The molecule has 5 rings (SSSR count).